The van der Waals surface area contributed by atoms with Crippen LogP contribution in [0.4, 0.5) is 0 Å². The number of rotatable bonds is 1. The third kappa shape index (κ3) is 2.31. The minimum Gasteiger partial charge on any atom is -0.478 e. The summed E-state index contributed by atoms with van der Waals surface area (Å²) in [6.45, 7) is 1.06. The highest BCUT2D eigenvalue weighted by molar-refractivity contribution is 5.88. The molecule has 5 heteroatoms. The van der Waals surface area contributed by atoms with Crippen LogP contribution in [-0.2, 0) is 6.42 Å². The van der Waals surface area contributed by atoms with Crippen LogP contribution in [-0.4, -0.2) is 22.6 Å². The number of halogens is 1. The molecule has 1 fully saturated rings. The molecule has 2 atom stereocenters. The molecule has 1 aromatic rings. The average molecular weight is 319 g/mol. The molecule has 0 aromatic carbocycles. The van der Waals surface area contributed by atoms with Gasteiger partial charge in [0.1, 0.15) is 0 Å². The maximum atomic E-state index is 11.1. The second kappa shape index (κ2) is 5.76. The Balaban J connectivity index is 0.00000144. The lowest BCUT2D eigenvalue weighted by atomic mass is 9.77. The number of fused-ring (bicyclic) bond motifs is 5. The number of nitrogens with zero attached hydrogens (tertiary/aromatic N) is 1. The van der Waals surface area contributed by atoms with E-state index in [1.165, 1.54) is 23.9 Å². The van der Waals surface area contributed by atoms with Gasteiger partial charge in [-0.25, -0.2) is 4.79 Å². The van der Waals surface area contributed by atoms with Crippen molar-refractivity contribution < 1.29 is 9.90 Å². The Hall–Kier alpha value is -1.81. The Bertz CT molecular complexity index is 681. The van der Waals surface area contributed by atoms with E-state index < -0.39 is 5.97 Å². The summed E-state index contributed by atoms with van der Waals surface area (Å²) in [5.74, 6) is 0.229. The van der Waals surface area contributed by atoms with Crippen molar-refractivity contribution in [2.45, 2.75) is 25.7 Å². The molecule has 1 aliphatic heterocycles. The number of nitrogens with one attached hydrogen (secondary N) is 1. The number of carbonyl (C=O) groups is 1. The van der Waals surface area contributed by atoms with E-state index in [-0.39, 0.29) is 12.4 Å². The van der Waals surface area contributed by atoms with E-state index >= 15 is 0 Å². The zero-order valence-electron chi connectivity index (χ0n) is 12.2. The maximum Gasteiger partial charge on any atom is 0.337 e. The number of hydrogen-bond donors (Lipinski definition) is 2. The number of carboxylic acid groups (broad SMARTS) is 1. The number of aryl methyl sites for hydroxylation is 1. The van der Waals surface area contributed by atoms with Crippen LogP contribution in [0.1, 0.15) is 40.9 Å². The van der Waals surface area contributed by atoms with Gasteiger partial charge in [-0.15, -0.1) is 12.4 Å². The zero-order chi connectivity index (χ0) is 14.4. The fraction of sp³-hybridized carbons (Fsp3) is 0.412. The second-order valence-corrected chi connectivity index (χ2v) is 6.10. The molecule has 0 saturated carbocycles. The first-order chi connectivity index (χ1) is 10.2. The van der Waals surface area contributed by atoms with E-state index in [4.69, 9.17) is 5.11 Å². The summed E-state index contributed by atoms with van der Waals surface area (Å²) in [5, 5.41) is 12.6. The van der Waals surface area contributed by atoms with Crippen molar-refractivity contribution in [2.24, 2.45) is 11.8 Å². The number of hydrogen-bond acceptors (Lipinski definition) is 3. The summed E-state index contributed by atoms with van der Waals surface area (Å²) in [6.07, 6.45) is 10.2. The van der Waals surface area contributed by atoms with Crippen LogP contribution >= 0.6 is 12.4 Å². The van der Waals surface area contributed by atoms with Gasteiger partial charge in [-0.2, -0.15) is 0 Å². The number of pyridine rings is 1. The van der Waals surface area contributed by atoms with Gasteiger partial charge in [-0.1, -0.05) is 6.08 Å². The highest BCUT2D eigenvalue weighted by atomic mass is 35.5. The monoisotopic (exact) mass is 318 g/mol. The fourth-order valence-corrected chi connectivity index (χ4v) is 3.98. The van der Waals surface area contributed by atoms with Crippen LogP contribution in [0.5, 0.6) is 0 Å². The van der Waals surface area contributed by atoms with Crippen LogP contribution in [0.25, 0.3) is 5.57 Å². The van der Waals surface area contributed by atoms with E-state index in [2.05, 4.69) is 22.5 Å². The lowest BCUT2D eigenvalue weighted by Gasteiger charge is -2.28. The van der Waals surface area contributed by atoms with Crippen molar-refractivity contribution in [1.29, 1.82) is 0 Å². The number of aromatic carboxylic acids is 1. The number of allylic oxidation sites excluding steroid dienone is 4. The molecule has 0 bridgehead atoms. The van der Waals surface area contributed by atoms with Crippen molar-refractivity contribution in [3.63, 3.8) is 0 Å². The van der Waals surface area contributed by atoms with Crippen LogP contribution in [0, 0.1) is 11.8 Å². The maximum absolute atomic E-state index is 11.1. The standard InChI is InChI=1S/C17H18N2O2.ClH/c20-17(21)11-8-10-2-1-3-12-13-6-7-18-15(13)5-4-14(12)16(10)19-9-11;/h4-5,8-9,12-13,18H,1-3,6-7H2,(H,20,21);1H. The molecule has 2 aliphatic carbocycles. The topological polar surface area (TPSA) is 62.2 Å². The van der Waals surface area contributed by atoms with Crippen LogP contribution in [0.2, 0.25) is 0 Å². The van der Waals surface area contributed by atoms with E-state index in [1.54, 1.807) is 6.07 Å². The van der Waals surface area contributed by atoms with Crippen molar-refractivity contribution in [2.75, 3.05) is 6.54 Å². The van der Waals surface area contributed by atoms with Crippen molar-refractivity contribution in [3.05, 3.63) is 46.9 Å². The highest BCUT2D eigenvalue weighted by Gasteiger charge is 2.36. The predicted molar refractivity (Wildman–Crippen MR) is 87.0 cm³/mol. The van der Waals surface area contributed by atoms with Gasteiger partial charge in [0.2, 0.25) is 0 Å². The Labute approximate surface area is 135 Å². The van der Waals surface area contributed by atoms with Gasteiger partial charge < -0.3 is 10.4 Å². The molecule has 1 aromatic heterocycles. The van der Waals surface area contributed by atoms with Crippen LogP contribution in [0.3, 0.4) is 0 Å². The van der Waals surface area contributed by atoms with Gasteiger partial charge in [0.25, 0.3) is 0 Å². The molecular formula is C17H19ClN2O2. The molecule has 0 radical (unpaired) electrons. The van der Waals surface area contributed by atoms with Crippen molar-refractivity contribution in [1.82, 2.24) is 10.3 Å². The van der Waals surface area contributed by atoms with E-state index in [0.29, 0.717) is 17.4 Å². The SMILES string of the molecule is Cl.O=C(O)c1cnc2c(c1)CCCC1C2=CC=C2NCCC21. The van der Waals surface area contributed by atoms with E-state index in [9.17, 15) is 4.79 Å². The van der Waals surface area contributed by atoms with Crippen molar-refractivity contribution >= 4 is 23.9 Å². The van der Waals surface area contributed by atoms with Gasteiger partial charge in [0.15, 0.2) is 0 Å². The largest absolute Gasteiger partial charge is 0.478 e. The molecule has 4 nitrogen and oxygen atoms in total. The van der Waals surface area contributed by atoms with Gasteiger partial charge in [0, 0.05) is 24.4 Å². The molecule has 2 unspecified atom stereocenters. The first-order valence-corrected chi connectivity index (χ1v) is 7.62. The Morgan fingerprint density at radius 2 is 2.14 bits per heavy atom. The van der Waals surface area contributed by atoms with Gasteiger partial charge in [-0.3, -0.25) is 4.98 Å². The van der Waals surface area contributed by atoms with Crippen LogP contribution in [0.15, 0.2) is 30.1 Å². The second-order valence-electron chi connectivity index (χ2n) is 6.10. The minimum absolute atomic E-state index is 0. The summed E-state index contributed by atoms with van der Waals surface area (Å²) in [7, 11) is 0. The molecular weight excluding hydrogens is 300 g/mol. The lowest BCUT2D eigenvalue weighted by molar-refractivity contribution is 0.0696. The molecule has 2 N–H and O–H groups in total. The third-order valence-electron chi connectivity index (χ3n) is 4.96. The fourth-order valence-electron chi connectivity index (χ4n) is 3.98. The Morgan fingerprint density at radius 1 is 1.27 bits per heavy atom. The van der Waals surface area contributed by atoms with Gasteiger partial charge in [-0.05, 0) is 54.9 Å². The molecule has 4 rings (SSSR count). The predicted octanol–water partition coefficient (Wildman–Crippen LogP) is 3.04. The highest BCUT2D eigenvalue weighted by Crippen LogP contribution is 2.44. The molecule has 0 spiro atoms. The van der Waals surface area contributed by atoms with E-state index in [0.717, 1.165) is 37.1 Å². The smallest absolute Gasteiger partial charge is 0.337 e. The normalized spacial score (nSPS) is 25.3. The summed E-state index contributed by atoms with van der Waals surface area (Å²) in [4.78, 5) is 15.6. The molecule has 3 aliphatic rings. The number of carboxylic acids is 1. The molecule has 2 heterocycles. The summed E-state index contributed by atoms with van der Waals surface area (Å²) in [5.41, 5.74) is 5.07. The summed E-state index contributed by atoms with van der Waals surface area (Å²) < 4.78 is 0. The first kappa shape index (κ1) is 15.1. The minimum atomic E-state index is -0.897. The summed E-state index contributed by atoms with van der Waals surface area (Å²) in [6, 6.07) is 1.81. The van der Waals surface area contributed by atoms with Crippen LogP contribution < -0.4 is 5.32 Å². The van der Waals surface area contributed by atoms with Gasteiger partial charge >= 0.3 is 5.97 Å². The molecule has 116 valence electrons. The average Bonchev–Trinajstić information content (AvgIpc) is 2.88. The summed E-state index contributed by atoms with van der Waals surface area (Å²) >= 11 is 0. The third-order valence-corrected chi connectivity index (χ3v) is 4.96. The lowest BCUT2D eigenvalue weighted by Crippen LogP contribution is -2.20. The van der Waals surface area contributed by atoms with E-state index in [1.807, 2.05) is 0 Å². The zero-order valence-corrected chi connectivity index (χ0v) is 13.0. The molecule has 0 amide bonds. The first-order valence-electron chi connectivity index (χ1n) is 7.62. The van der Waals surface area contributed by atoms with Gasteiger partial charge in [0.05, 0.1) is 11.3 Å². The molecule has 22 heavy (non-hydrogen) atoms. The molecule has 1 saturated heterocycles. The Kier molecular flexibility index (Phi) is 3.96. The number of aromatic nitrogens is 1. The Morgan fingerprint density at radius 3 is 2.95 bits per heavy atom. The van der Waals surface area contributed by atoms with Crippen molar-refractivity contribution in [3.8, 4) is 0 Å². The quantitative estimate of drug-likeness (QED) is 0.835.